The van der Waals surface area contributed by atoms with Gasteiger partial charge in [-0.3, -0.25) is 4.79 Å². The van der Waals surface area contributed by atoms with Crippen LogP contribution in [0.3, 0.4) is 0 Å². The van der Waals surface area contributed by atoms with Gasteiger partial charge in [0.15, 0.2) is 5.78 Å². The molecule has 3 aliphatic carbocycles. The van der Waals surface area contributed by atoms with E-state index in [9.17, 15) is 4.79 Å². The summed E-state index contributed by atoms with van der Waals surface area (Å²) in [6, 6.07) is 0. The summed E-state index contributed by atoms with van der Waals surface area (Å²) in [4.78, 5) is 12.5. The molecule has 2 bridgehead atoms. The van der Waals surface area contributed by atoms with Crippen molar-refractivity contribution < 1.29 is 4.79 Å². The van der Waals surface area contributed by atoms with Crippen molar-refractivity contribution in [3.8, 4) is 0 Å². The van der Waals surface area contributed by atoms with Crippen LogP contribution in [0.25, 0.3) is 0 Å². The van der Waals surface area contributed by atoms with Crippen LogP contribution >= 0.6 is 11.8 Å². The Balaban J connectivity index is 1.72. The second-order valence-corrected chi connectivity index (χ2v) is 8.79. The molecule has 3 fully saturated rings. The average molecular weight is 277 g/mol. The van der Waals surface area contributed by atoms with Crippen LogP contribution in [0.2, 0.25) is 0 Å². The minimum absolute atomic E-state index is 0.0110. The monoisotopic (exact) mass is 277 g/mol. The van der Waals surface area contributed by atoms with Crippen LogP contribution < -0.4 is 0 Å². The predicted octanol–water partition coefficient (Wildman–Crippen LogP) is 4.06. The van der Waals surface area contributed by atoms with E-state index in [1.807, 2.05) is 6.92 Å². The largest absolute Gasteiger partial charge is 0.304 e. The molecule has 4 rings (SSSR count). The third kappa shape index (κ3) is 1.84. The fourth-order valence-corrected chi connectivity index (χ4v) is 5.66. The molecule has 0 amide bonds. The number of carbonyl (C=O) groups excluding carboxylic acids is 1. The predicted molar refractivity (Wildman–Crippen MR) is 80.6 cm³/mol. The van der Waals surface area contributed by atoms with Gasteiger partial charge < -0.3 is 5.41 Å². The summed E-state index contributed by atoms with van der Waals surface area (Å²) >= 11 is 1.57. The Morgan fingerprint density at radius 2 is 2.16 bits per heavy atom. The number of carbonyl (C=O) groups is 1. The lowest BCUT2D eigenvalue weighted by atomic mass is 9.60. The molecule has 1 N–H and O–H groups in total. The molecule has 0 aromatic carbocycles. The van der Waals surface area contributed by atoms with Gasteiger partial charge >= 0.3 is 0 Å². The van der Waals surface area contributed by atoms with E-state index in [0.717, 1.165) is 23.2 Å². The molecule has 104 valence electrons. The number of hydrogen-bond acceptors (Lipinski definition) is 3. The molecule has 3 saturated carbocycles. The van der Waals surface area contributed by atoms with Gasteiger partial charge in [0.2, 0.25) is 0 Å². The number of nitrogens with one attached hydrogen (secondary N) is 1. The van der Waals surface area contributed by atoms with Crippen molar-refractivity contribution >= 4 is 23.3 Å². The first kappa shape index (κ1) is 13.4. The van der Waals surface area contributed by atoms with E-state index in [-0.39, 0.29) is 16.4 Å². The van der Waals surface area contributed by atoms with Crippen LogP contribution in [0.4, 0.5) is 0 Å². The third-order valence-electron chi connectivity index (χ3n) is 5.95. The van der Waals surface area contributed by atoms with E-state index < -0.39 is 0 Å². The van der Waals surface area contributed by atoms with Gasteiger partial charge in [0.1, 0.15) is 0 Å². The lowest BCUT2D eigenvalue weighted by Crippen LogP contribution is -2.38. The number of rotatable bonds is 3. The van der Waals surface area contributed by atoms with Crippen molar-refractivity contribution in [1.82, 2.24) is 0 Å². The fraction of sp³-hybridized carbons (Fsp3) is 0.750. The Morgan fingerprint density at radius 3 is 2.58 bits per heavy atom. The van der Waals surface area contributed by atoms with E-state index in [0.29, 0.717) is 11.1 Å². The summed E-state index contributed by atoms with van der Waals surface area (Å²) in [6.45, 7) is 9.06. The number of hydrogen-bond donors (Lipinski definition) is 1. The van der Waals surface area contributed by atoms with Gasteiger partial charge in [0.05, 0.1) is 5.25 Å². The first-order valence-corrected chi connectivity index (χ1v) is 8.13. The van der Waals surface area contributed by atoms with Crippen molar-refractivity contribution in [3.63, 3.8) is 0 Å². The van der Waals surface area contributed by atoms with Gasteiger partial charge in [-0.1, -0.05) is 20.8 Å². The summed E-state index contributed by atoms with van der Waals surface area (Å²) in [6.07, 6.45) is 5.11. The van der Waals surface area contributed by atoms with Crippen LogP contribution in [-0.4, -0.2) is 16.7 Å². The average Bonchev–Trinajstić information content (AvgIpc) is 2.85. The van der Waals surface area contributed by atoms with Crippen molar-refractivity contribution in [2.75, 3.05) is 0 Å². The van der Waals surface area contributed by atoms with Crippen molar-refractivity contribution in [3.05, 3.63) is 11.0 Å². The molecule has 0 aromatic heterocycles. The number of fused-ring (bicyclic) bond motifs is 1. The van der Waals surface area contributed by atoms with Gasteiger partial charge in [-0.15, -0.1) is 11.8 Å². The molecule has 0 spiro atoms. The highest BCUT2D eigenvalue weighted by Crippen LogP contribution is 2.71. The van der Waals surface area contributed by atoms with Gasteiger partial charge in [0.25, 0.3) is 0 Å². The maximum atomic E-state index is 11.6. The quantitative estimate of drug-likeness (QED) is 0.790. The summed E-state index contributed by atoms with van der Waals surface area (Å²) in [5, 5.41) is 8.36. The van der Waals surface area contributed by atoms with E-state index >= 15 is 0 Å². The second-order valence-electron chi connectivity index (χ2n) is 7.41. The van der Waals surface area contributed by atoms with E-state index in [1.165, 1.54) is 12.8 Å². The van der Waals surface area contributed by atoms with Crippen LogP contribution in [0.5, 0.6) is 0 Å². The summed E-state index contributed by atoms with van der Waals surface area (Å²) in [5.41, 5.74) is 1.48. The highest BCUT2D eigenvalue weighted by molar-refractivity contribution is 8.05. The van der Waals surface area contributed by atoms with E-state index in [1.54, 1.807) is 17.8 Å². The van der Waals surface area contributed by atoms with Crippen LogP contribution in [0, 0.1) is 28.1 Å². The third-order valence-corrected chi connectivity index (χ3v) is 7.15. The fourth-order valence-electron chi connectivity index (χ4n) is 4.70. The second kappa shape index (κ2) is 3.97. The minimum Gasteiger partial charge on any atom is -0.304 e. The molecule has 0 saturated heterocycles. The Kier molecular flexibility index (Phi) is 2.80. The van der Waals surface area contributed by atoms with Crippen LogP contribution in [0.1, 0.15) is 47.0 Å². The maximum Gasteiger partial charge on any atom is 0.169 e. The van der Waals surface area contributed by atoms with Gasteiger partial charge in [0, 0.05) is 10.6 Å². The normalized spacial score (nSPS) is 48.1. The first-order valence-electron chi connectivity index (χ1n) is 7.25. The smallest absolute Gasteiger partial charge is 0.169 e. The molecule has 5 atom stereocenters. The Hall–Kier alpha value is -0.570. The molecule has 2 nitrogen and oxygen atoms in total. The molecule has 3 heteroatoms. The first-order chi connectivity index (χ1) is 8.75. The zero-order chi connectivity index (χ0) is 14.0. The summed E-state index contributed by atoms with van der Waals surface area (Å²) < 4.78 is 0. The van der Waals surface area contributed by atoms with E-state index in [2.05, 4.69) is 20.8 Å². The zero-order valence-electron chi connectivity index (χ0n) is 12.2. The Morgan fingerprint density at radius 1 is 1.47 bits per heavy atom. The number of ketones is 1. The van der Waals surface area contributed by atoms with Gasteiger partial charge in [-0.25, -0.2) is 0 Å². The summed E-state index contributed by atoms with van der Waals surface area (Å²) in [5.74, 6) is 1.75. The molecule has 19 heavy (non-hydrogen) atoms. The minimum atomic E-state index is 0.0110. The highest BCUT2D eigenvalue weighted by atomic mass is 32.2. The van der Waals surface area contributed by atoms with E-state index in [4.69, 9.17) is 5.41 Å². The lowest BCUT2D eigenvalue weighted by Gasteiger charge is -2.45. The number of thioether (sulfide) groups is 1. The molecular weight excluding hydrogens is 254 g/mol. The summed E-state index contributed by atoms with van der Waals surface area (Å²) in [7, 11) is 0. The van der Waals surface area contributed by atoms with Crippen molar-refractivity contribution in [2.24, 2.45) is 22.7 Å². The molecular formula is C16H23NOS. The number of allylic oxidation sites excluding steroid dienone is 2. The molecule has 1 unspecified atom stereocenters. The molecule has 4 aliphatic rings. The molecule has 0 aromatic rings. The SMILES string of the molecule is C[C@H]1SC(C(=N)C[C@@]2(C)CC3(C)C[C@H]2[C@@H]3C)=CC1=O. The van der Waals surface area contributed by atoms with Gasteiger partial charge in [-0.2, -0.15) is 0 Å². The topological polar surface area (TPSA) is 40.9 Å². The van der Waals surface area contributed by atoms with Crippen molar-refractivity contribution in [1.29, 1.82) is 5.41 Å². The maximum absolute atomic E-state index is 11.6. The zero-order valence-corrected chi connectivity index (χ0v) is 13.1. The van der Waals surface area contributed by atoms with Crippen molar-refractivity contribution in [2.45, 2.75) is 52.2 Å². The standard InChI is InChI=1S/C16H23NOS/c1-9-11-6-15(9,3)8-16(11,4)7-12(17)14-5-13(18)10(2)19-14/h5,9-11,17H,6-8H2,1-4H3/t9-,10+,11-,15?,16-/m0/s1. The van der Waals surface area contributed by atoms with Crippen LogP contribution in [-0.2, 0) is 4.79 Å². The Bertz CT molecular complexity index is 497. The molecule has 0 radical (unpaired) electrons. The lowest BCUT2D eigenvalue weighted by molar-refractivity contribution is -0.113. The highest BCUT2D eigenvalue weighted by Gasteiger charge is 2.64. The molecule has 1 heterocycles. The van der Waals surface area contributed by atoms with Gasteiger partial charge in [-0.05, 0) is 54.9 Å². The molecule has 1 aliphatic heterocycles. The van der Waals surface area contributed by atoms with Crippen LogP contribution in [0.15, 0.2) is 11.0 Å². The Labute approximate surface area is 119 Å².